The smallest absolute Gasteiger partial charge is 0.227 e. The molecule has 1 saturated carbocycles. The average molecular weight is 420 g/mol. The Morgan fingerprint density at radius 2 is 2.00 bits per heavy atom. The summed E-state index contributed by atoms with van der Waals surface area (Å²) in [5, 5.41) is 0.249. The Bertz CT molecular complexity index is 904. The maximum absolute atomic E-state index is 13.0. The highest BCUT2D eigenvalue weighted by Crippen LogP contribution is 2.30. The van der Waals surface area contributed by atoms with E-state index in [1.54, 1.807) is 13.3 Å². The van der Waals surface area contributed by atoms with E-state index in [-0.39, 0.29) is 10.9 Å². The number of para-hydroxylation sites is 1. The fraction of sp³-hybridized carbons (Fsp3) is 0.591. The number of rotatable bonds is 11. The third-order valence-corrected chi connectivity index (χ3v) is 7.45. The number of hydrogen-bond acceptors (Lipinski definition) is 5. The lowest BCUT2D eigenvalue weighted by molar-refractivity contribution is 0.299. The molecule has 160 valence electrons. The minimum Gasteiger partial charge on any atom is -0.496 e. The molecule has 1 fully saturated rings. The third-order valence-electron chi connectivity index (χ3n) is 5.66. The first-order valence-corrected chi connectivity index (χ1v) is 12.2. The van der Waals surface area contributed by atoms with E-state index >= 15 is 0 Å². The molecule has 0 bridgehead atoms. The van der Waals surface area contributed by atoms with Gasteiger partial charge in [-0.1, -0.05) is 38.0 Å². The molecule has 1 aromatic carbocycles. The Balaban J connectivity index is 1.78. The lowest BCUT2D eigenvalue weighted by Crippen LogP contribution is -2.25. The molecule has 1 heterocycles. The van der Waals surface area contributed by atoms with Crippen LogP contribution in [0.2, 0.25) is 0 Å². The molecule has 3 rings (SSSR count). The second-order valence-corrected chi connectivity index (χ2v) is 10.0. The predicted octanol–water partition coefficient (Wildman–Crippen LogP) is 3.90. The van der Waals surface area contributed by atoms with Crippen molar-refractivity contribution >= 4 is 9.84 Å². The lowest BCUT2D eigenvalue weighted by atomic mass is 9.87. The first-order valence-electron chi connectivity index (χ1n) is 10.5. The molecule has 1 aliphatic carbocycles. The summed E-state index contributed by atoms with van der Waals surface area (Å²) >= 11 is 0. The van der Waals surface area contributed by atoms with Crippen molar-refractivity contribution in [3.05, 3.63) is 41.7 Å². The number of benzene rings is 1. The van der Waals surface area contributed by atoms with E-state index in [4.69, 9.17) is 4.74 Å². The molecule has 1 aromatic heterocycles. The van der Waals surface area contributed by atoms with Crippen LogP contribution >= 0.6 is 0 Å². The van der Waals surface area contributed by atoms with Gasteiger partial charge in [-0.25, -0.2) is 13.4 Å². The van der Waals surface area contributed by atoms with Crippen LogP contribution in [0.5, 0.6) is 5.75 Å². The SMILES string of the molecule is CCCCn1c(CN(C)Cc2ccccc2OC)cnc1S(=O)(=O)CC1CCC1. The van der Waals surface area contributed by atoms with E-state index in [0.29, 0.717) is 25.6 Å². The molecule has 0 N–H and O–H groups in total. The van der Waals surface area contributed by atoms with Crippen molar-refractivity contribution in [3.8, 4) is 5.75 Å². The van der Waals surface area contributed by atoms with Crippen molar-refractivity contribution in [1.29, 1.82) is 0 Å². The molecular weight excluding hydrogens is 386 g/mol. The van der Waals surface area contributed by atoms with Gasteiger partial charge in [-0.15, -0.1) is 0 Å². The summed E-state index contributed by atoms with van der Waals surface area (Å²) in [6.07, 6.45) is 6.86. The Labute approximate surface area is 174 Å². The summed E-state index contributed by atoms with van der Waals surface area (Å²) in [4.78, 5) is 6.54. The predicted molar refractivity (Wildman–Crippen MR) is 115 cm³/mol. The number of unbranched alkanes of at least 4 members (excludes halogenated alkanes) is 1. The maximum atomic E-state index is 13.0. The van der Waals surface area contributed by atoms with Gasteiger partial charge in [-0.3, -0.25) is 4.90 Å². The maximum Gasteiger partial charge on any atom is 0.227 e. The van der Waals surface area contributed by atoms with E-state index in [1.165, 1.54) is 0 Å². The third kappa shape index (κ3) is 5.39. The minimum absolute atomic E-state index is 0.229. The number of hydrogen-bond donors (Lipinski definition) is 0. The van der Waals surface area contributed by atoms with Gasteiger partial charge in [-0.05, 0) is 38.3 Å². The number of sulfone groups is 1. The van der Waals surface area contributed by atoms with E-state index < -0.39 is 9.84 Å². The van der Waals surface area contributed by atoms with Gasteiger partial charge < -0.3 is 9.30 Å². The van der Waals surface area contributed by atoms with E-state index in [0.717, 1.165) is 49.1 Å². The van der Waals surface area contributed by atoms with Crippen LogP contribution in [0.3, 0.4) is 0 Å². The number of imidazole rings is 1. The fourth-order valence-corrected chi connectivity index (χ4v) is 5.68. The van der Waals surface area contributed by atoms with Crippen LogP contribution in [0, 0.1) is 5.92 Å². The van der Waals surface area contributed by atoms with Crippen LogP contribution in [-0.2, 0) is 29.5 Å². The number of nitrogens with zero attached hydrogens (tertiary/aromatic N) is 3. The summed E-state index contributed by atoms with van der Waals surface area (Å²) < 4.78 is 33.3. The summed E-state index contributed by atoms with van der Waals surface area (Å²) in [7, 11) is 0.360. The minimum atomic E-state index is -3.35. The summed E-state index contributed by atoms with van der Waals surface area (Å²) in [5.41, 5.74) is 2.05. The Kier molecular flexibility index (Phi) is 7.35. The van der Waals surface area contributed by atoms with Crippen molar-refractivity contribution in [1.82, 2.24) is 14.5 Å². The standard InChI is InChI=1S/C22H33N3O3S/c1-4-5-13-25-20(14-23-22(25)29(26,27)17-18-9-8-10-18)16-24(2)15-19-11-6-7-12-21(19)28-3/h6-7,11-12,14,18H,4-5,8-10,13,15-17H2,1-3H3. The molecule has 0 radical (unpaired) electrons. The van der Waals surface area contributed by atoms with Gasteiger partial charge in [0.05, 0.1) is 24.8 Å². The Hall–Kier alpha value is -1.86. The van der Waals surface area contributed by atoms with Crippen molar-refractivity contribution in [2.75, 3.05) is 19.9 Å². The molecule has 0 amide bonds. The van der Waals surface area contributed by atoms with E-state index in [9.17, 15) is 8.42 Å². The normalized spacial score (nSPS) is 14.9. The van der Waals surface area contributed by atoms with Gasteiger partial charge in [-0.2, -0.15) is 0 Å². The highest BCUT2D eigenvalue weighted by atomic mass is 32.2. The lowest BCUT2D eigenvalue weighted by Gasteiger charge is -2.25. The Morgan fingerprint density at radius 3 is 2.66 bits per heavy atom. The molecule has 0 saturated heterocycles. The van der Waals surface area contributed by atoms with E-state index in [2.05, 4.69) is 22.9 Å². The number of ether oxygens (including phenoxy) is 1. The monoisotopic (exact) mass is 419 g/mol. The highest BCUT2D eigenvalue weighted by Gasteiger charge is 2.30. The molecule has 7 heteroatoms. The molecule has 0 unspecified atom stereocenters. The fourth-order valence-electron chi connectivity index (χ4n) is 3.82. The van der Waals surface area contributed by atoms with Crippen LogP contribution in [0.25, 0.3) is 0 Å². The van der Waals surface area contributed by atoms with Crippen LogP contribution in [0.1, 0.15) is 50.3 Å². The van der Waals surface area contributed by atoms with Gasteiger partial charge in [0.2, 0.25) is 15.0 Å². The molecular formula is C22H33N3O3S. The van der Waals surface area contributed by atoms with Crippen molar-refractivity contribution in [2.24, 2.45) is 5.92 Å². The largest absolute Gasteiger partial charge is 0.496 e. The molecule has 2 aromatic rings. The first-order chi connectivity index (χ1) is 13.9. The van der Waals surface area contributed by atoms with Gasteiger partial charge in [0.25, 0.3) is 0 Å². The second kappa shape index (κ2) is 9.76. The second-order valence-electron chi connectivity index (χ2n) is 8.10. The summed E-state index contributed by atoms with van der Waals surface area (Å²) in [6.45, 7) is 4.15. The van der Waals surface area contributed by atoms with Crippen molar-refractivity contribution in [3.63, 3.8) is 0 Å². The highest BCUT2D eigenvalue weighted by molar-refractivity contribution is 7.91. The van der Waals surface area contributed by atoms with Crippen molar-refractivity contribution < 1.29 is 13.2 Å². The topological polar surface area (TPSA) is 64.4 Å². The summed E-state index contributed by atoms with van der Waals surface area (Å²) in [6, 6.07) is 7.97. The quantitative estimate of drug-likeness (QED) is 0.553. The first kappa shape index (κ1) is 21.8. The zero-order chi connectivity index (χ0) is 20.9. The molecule has 1 aliphatic rings. The Morgan fingerprint density at radius 1 is 1.24 bits per heavy atom. The zero-order valence-corrected chi connectivity index (χ0v) is 18.6. The van der Waals surface area contributed by atoms with Gasteiger partial charge in [0.15, 0.2) is 0 Å². The molecule has 6 nitrogen and oxygen atoms in total. The number of aromatic nitrogens is 2. The molecule has 29 heavy (non-hydrogen) atoms. The van der Waals surface area contributed by atoms with Gasteiger partial charge in [0.1, 0.15) is 5.75 Å². The van der Waals surface area contributed by atoms with Crippen LogP contribution in [0.4, 0.5) is 0 Å². The molecule has 0 spiro atoms. The van der Waals surface area contributed by atoms with Gasteiger partial charge in [0, 0.05) is 25.2 Å². The number of methoxy groups -OCH3 is 1. The van der Waals surface area contributed by atoms with Crippen LogP contribution in [-0.4, -0.2) is 42.8 Å². The zero-order valence-electron chi connectivity index (χ0n) is 17.8. The summed E-state index contributed by atoms with van der Waals surface area (Å²) in [5.74, 6) is 1.39. The van der Waals surface area contributed by atoms with Crippen LogP contribution < -0.4 is 4.74 Å². The van der Waals surface area contributed by atoms with E-state index in [1.807, 2.05) is 29.8 Å². The van der Waals surface area contributed by atoms with Gasteiger partial charge >= 0.3 is 0 Å². The van der Waals surface area contributed by atoms with Crippen LogP contribution in [0.15, 0.2) is 35.6 Å². The average Bonchev–Trinajstić information content (AvgIpc) is 3.06. The molecule has 0 atom stereocenters. The van der Waals surface area contributed by atoms with Crippen molar-refractivity contribution in [2.45, 2.75) is 63.8 Å². The molecule has 0 aliphatic heterocycles.